The molecule has 0 amide bonds. The van der Waals surface area contributed by atoms with Gasteiger partial charge in [0, 0.05) is 0 Å². The van der Waals surface area contributed by atoms with Crippen molar-refractivity contribution >= 4 is 52.1 Å². The largest absolute Gasteiger partial charge is 0.303 e. The van der Waals surface area contributed by atoms with Gasteiger partial charge in [0.25, 0.3) is 0 Å². The van der Waals surface area contributed by atoms with Crippen molar-refractivity contribution in [2.75, 3.05) is 0 Å². The monoisotopic (exact) mass is 233 g/mol. The first kappa shape index (κ1) is 9.91. The van der Waals surface area contributed by atoms with Crippen molar-refractivity contribution in [3.63, 3.8) is 0 Å². The second-order valence-corrected chi connectivity index (χ2v) is 5.61. The Kier molecular flexibility index (Phi) is 2.66. The molecular weight excluding hydrogens is 228 g/mol. The fourth-order valence-corrected chi connectivity index (χ4v) is 2.42. The first-order valence-corrected chi connectivity index (χ1v) is 4.72. The number of rotatable bonds is 0. The Labute approximate surface area is 85.5 Å². The van der Waals surface area contributed by atoms with Crippen LogP contribution in [0.1, 0.15) is 19.3 Å². The van der Waals surface area contributed by atoms with E-state index in [1.807, 2.05) is 0 Å². The molecule has 0 unspecified atom stereocenters. The summed E-state index contributed by atoms with van der Waals surface area (Å²) in [6.07, 6.45) is 1.86. The van der Waals surface area contributed by atoms with E-state index in [1.54, 1.807) is 0 Å². The molecule has 11 heavy (non-hydrogen) atoms. The summed E-state index contributed by atoms with van der Waals surface area (Å²) in [7, 11) is 0. The summed E-state index contributed by atoms with van der Waals surface area (Å²) >= 11 is 23.1. The summed E-state index contributed by atoms with van der Waals surface area (Å²) in [5, 5.41) is 7.47. The minimum atomic E-state index is -1.16. The highest BCUT2D eigenvalue weighted by Gasteiger charge is 2.46. The SMILES string of the molecule is N=C1C(Cl)(Cl)CCCC1(Cl)Cl. The predicted octanol–water partition coefficient (Wildman–Crippen LogP) is 3.54. The van der Waals surface area contributed by atoms with Crippen LogP contribution in [0.4, 0.5) is 0 Å². The molecule has 64 valence electrons. The van der Waals surface area contributed by atoms with Crippen molar-refractivity contribution in [3.05, 3.63) is 0 Å². The van der Waals surface area contributed by atoms with Crippen LogP contribution in [-0.4, -0.2) is 14.4 Å². The van der Waals surface area contributed by atoms with Gasteiger partial charge in [0.1, 0.15) is 0 Å². The third kappa shape index (κ3) is 1.95. The van der Waals surface area contributed by atoms with Crippen molar-refractivity contribution in [2.45, 2.75) is 27.9 Å². The van der Waals surface area contributed by atoms with Crippen LogP contribution in [0.3, 0.4) is 0 Å². The third-order valence-electron chi connectivity index (χ3n) is 1.71. The van der Waals surface area contributed by atoms with E-state index >= 15 is 0 Å². The second-order valence-electron chi connectivity index (χ2n) is 2.64. The van der Waals surface area contributed by atoms with Crippen molar-refractivity contribution in [1.29, 1.82) is 5.41 Å². The van der Waals surface area contributed by atoms with Gasteiger partial charge in [-0.25, -0.2) is 0 Å². The summed E-state index contributed by atoms with van der Waals surface area (Å²) in [5.74, 6) is 0. The first-order valence-electron chi connectivity index (χ1n) is 3.21. The Morgan fingerprint density at radius 2 is 1.36 bits per heavy atom. The van der Waals surface area contributed by atoms with Gasteiger partial charge in [-0.15, -0.1) is 0 Å². The fourth-order valence-electron chi connectivity index (χ4n) is 1.05. The summed E-state index contributed by atoms with van der Waals surface area (Å²) in [6.45, 7) is 0. The fraction of sp³-hybridized carbons (Fsp3) is 0.833. The molecule has 0 bridgehead atoms. The van der Waals surface area contributed by atoms with E-state index in [4.69, 9.17) is 51.8 Å². The van der Waals surface area contributed by atoms with Crippen LogP contribution in [0.2, 0.25) is 0 Å². The highest BCUT2D eigenvalue weighted by molar-refractivity contribution is 6.69. The standard InChI is InChI=1S/C6H7Cl4N/c7-5(8)2-1-3-6(9,10)4(5)11/h11H,1-3H2. The summed E-state index contributed by atoms with van der Waals surface area (Å²) in [5.41, 5.74) is 0.00270. The van der Waals surface area contributed by atoms with Gasteiger partial charge in [-0.1, -0.05) is 46.4 Å². The van der Waals surface area contributed by atoms with Crippen molar-refractivity contribution in [2.24, 2.45) is 0 Å². The minimum Gasteiger partial charge on any atom is -0.303 e. The molecular formula is C6H7Cl4N. The topological polar surface area (TPSA) is 23.9 Å². The van der Waals surface area contributed by atoms with Crippen molar-refractivity contribution in [1.82, 2.24) is 0 Å². The van der Waals surface area contributed by atoms with Gasteiger partial charge < -0.3 is 5.41 Å². The highest BCUT2D eigenvalue weighted by Crippen LogP contribution is 2.45. The van der Waals surface area contributed by atoms with E-state index < -0.39 is 8.67 Å². The van der Waals surface area contributed by atoms with Gasteiger partial charge >= 0.3 is 0 Å². The van der Waals surface area contributed by atoms with Gasteiger partial charge in [0.2, 0.25) is 0 Å². The summed E-state index contributed by atoms with van der Waals surface area (Å²) in [4.78, 5) is 0. The first-order chi connectivity index (χ1) is 4.86. The maximum absolute atomic E-state index is 7.47. The lowest BCUT2D eigenvalue weighted by molar-refractivity contribution is 0.622. The van der Waals surface area contributed by atoms with E-state index in [2.05, 4.69) is 0 Å². The van der Waals surface area contributed by atoms with E-state index in [9.17, 15) is 0 Å². The molecule has 1 rings (SSSR count). The number of alkyl halides is 4. The molecule has 1 aliphatic rings. The lowest BCUT2D eigenvalue weighted by atomic mass is 9.96. The van der Waals surface area contributed by atoms with Crippen LogP contribution in [0, 0.1) is 5.41 Å². The van der Waals surface area contributed by atoms with Gasteiger partial charge in [-0.3, -0.25) is 0 Å². The lowest BCUT2D eigenvalue weighted by Crippen LogP contribution is -2.43. The maximum Gasteiger partial charge on any atom is 0.158 e. The summed E-state index contributed by atoms with van der Waals surface area (Å²) in [6, 6.07) is 0. The smallest absolute Gasteiger partial charge is 0.158 e. The van der Waals surface area contributed by atoms with E-state index in [1.165, 1.54) is 0 Å². The molecule has 0 heterocycles. The van der Waals surface area contributed by atoms with Crippen LogP contribution < -0.4 is 0 Å². The normalized spacial score (nSPS) is 28.5. The van der Waals surface area contributed by atoms with Crippen LogP contribution in [-0.2, 0) is 0 Å². The summed E-state index contributed by atoms with van der Waals surface area (Å²) < 4.78 is -2.33. The molecule has 0 aromatic rings. The van der Waals surface area contributed by atoms with Gasteiger partial charge in [-0.05, 0) is 19.3 Å². The molecule has 1 fully saturated rings. The Bertz CT molecular complexity index is 169. The molecule has 5 heteroatoms. The van der Waals surface area contributed by atoms with Crippen molar-refractivity contribution in [3.8, 4) is 0 Å². The molecule has 1 N–H and O–H groups in total. The van der Waals surface area contributed by atoms with Crippen LogP contribution >= 0.6 is 46.4 Å². The molecule has 0 atom stereocenters. The maximum atomic E-state index is 7.47. The average molecular weight is 235 g/mol. The Hall–Kier alpha value is 0.830. The van der Waals surface area contributed by atoms with E-state index in [0.29, 0.717) is 12.8 Å². The lowest BCUT2D eigenvalue weighted by Gasteiger charge is -2.34. The number of hydrogen-bond acceptors (Lipinski definition) is 1. The van der Waals surface area contributed by atoms with E-state index in [0.717, 1.165) is 6.42 Å². The average Bonchev–Trinajstić information content (AvgIpc) is 1.82. The quantitative estimate of drug-likeness (QED) is 0.621. The highest BCUT2D eigenvalue weighted by atomic mass is 35.5. The molecule has 0 radical (unpaired) electrons. The second kappa shape index (κ2) is 2.95. The zero-order valence-corrected chi connectivity index (χ0v) is 8.66. The van der Waals surface area contributed by atoms with Gasteiger partial charge in [0.15, 0.2) is 8.67 Å². The number of hydrogen-bond donors (Lipinski definition) is 1. The molecule has 0 spiro atoms. The van der Waals surface area contributed by atoms with Crippen LogP contribution in [0.15, 0.2) is 0 Å². The molecule has 1 nitrogen and oxygen atoms in total. The third-order valence-corrected chi connectivity index (χ3v) is 3.22. The minimum absolute atomic E-state index is 0.00270. The zero-order chi connectivity index (χ0) is 8.70. The molecule has 0 aliphatic heterocycles. The van der Waals surface area contributed by atoms with Gasteiger partial charge in [0.05, 0.1) is 5.71 Å². The van der Waals surface area contributed by atoms with Crippen LogP contribution in [0.25, 0.3) is 0 Å². The van der Waals surface area contributed by atoms with E-state index in [-0.39, 0.29) is 5.71 Å². The molecule has 1 aliphatic carbocycles. The van der Waals surface area contributed by atoms with Crippen molar-refractivity contribution < 1.29 is 0 Å². The molecule has 0 saturated heterocycles. The Morgan fingerprint density at radius 3 is 1.64 bits per heavy atom. The zero-order valence-electron chi connectivity index (χ0n) is 5.63. The predicted molar refractivity (Wildman–Crippen MR) is 50.5 cm³/mol. The molecule has 0 aromatic carbocycles. The molecule has 0 aromatic heterocycles. The number of nitrogens with one attached hydrogen (secondary N) is 1. The van der Waals surface area contributed by atoms with Gasteiger partial charge in [-0.2, -0.15) is 0 Å². The number of halogens is 4. The Balaban J connectivity index is 2.85. The van der Waals surface area contributed by atoms with Crippen LogP contribution in [0.5, 0.6) is 0 Å². The molecule has 1 saturated carbocycles. The Morgan fingerprint density at radius 1 is 1.00 bits per heavy atom.